The highest BCUT2D eigenvalue weighted by Crippen LogP contribution is 2.23. The van der Waals surface area contributed by atoms with Crippen LogP contribution in [-0.4, -0.2) is 17.3 Å². The quantitative estimate of drug-likeness (QED) is 0.676. The predicted molar refractivity (Wildman–Crippen MR) is 98.8 cm³/mol. The minimum absolute atomic E-state index is 0.313. The number of aromatic nitrogens is 1. The van der Waals surface area contributed by atoms with E-state index in [1.165, 1.54) is 6.20 Å². The lowest BCUT2D eigenvalue weighted by molar-refractivity contribution is -0.105. The number of hydrogen-bond donors (Lipinski definition) is 2. The summed E-state index contributed by atoms with van der Waals surface area (Å²) in [4.78, 5) is 27.2. The lowest BCUT2D eigenvalue weighted by Crippen LogP contribution is -2.12. The molecule has 2 amide bonds. The SMILES string of the molecule is O=CNc1cc(Cl)cc(NC(=O)c2ccc(-c3ccccc3)nc2)c1. The number of carbonyl (C=O) groups is 2. The Morgan fingerprint density at radius 2 is 1.76 bits per heavy atom. The summed E-state index contributed by atoms with van der Waals surface area (Å²) in [6.07, 6.45) is 2.07. The summed E-state index contributed by atoms with van der Waals surface area (Å²) in [7, 11) is 0. The van der Waals surface area contributed by atoms with Gasteiger partial charge in [-0.3, -0.25) is 14.6 Å². The fourth-order valence-electron chi connectivity index (χ4n) is 2.32. The van der Waals surface area contributed by atoms with E-state index in [1.54, 1.807) is 30.3 Å². The summed E-state index contributed by atoms with van der Waals surface area (Å²) >= 11 is 5.98. The molecule has 0 aliphatic heterocycles. The fraction of sp³-hybridized carbons (Fsp3) is 0. The maximum atomic E-state index is 12.4. The van der Waals surface area contributed by atoms with Crippen molar-refractivity contribution in [2.24, 2.45) is 0 Å². The molecular weight excluding hydrogens is 338 g/mol. The zero-order valence-electron chi connectivity index (χ0n) is 13.1. The van der Waals surface area contributed by atoms with E-state index < -0.39 is 0 Å². The smallest absolute Gasteiger partial charge is 0.257 e. The van der Waals surface area contributed by atoms with E-state index in [2.05, 4.69) is 15.6 Å². The molecule has 0 saturated heterocycles. The molecule has 0 radical (unpaired) electrons. The second-order valence-electron chi connectivity index (χ2n) is 5.24. The van der Waals surface area contributed by atoms with Crippen LogP contribution in [0, 0.1) is 0 Å². The number of benzene rings is 2. The third-order valence-corrected chi connectivity index (χ3v) is 3.69. The van der Waals surface area contributed by atoms with Crippen LogP contribution >= 0.6 is 11.6 Å². The van der Waals surface area contributed by atoms with Gasteiger partial charge < -0.3 is 10.6 Å². The molecule has 0 saturated carbocycles. The molecule has 0 bridgehead atoms. The van der Waals surface area contributed by atoms with E-state index in [0.29, 0.717) is 28.4 Å². The zero-order valence-corrected chi connectivity index (χ0v) is 13.8. The minimum atomic E-state index is -0.313. The van der Waals surface area contributed by atoms with Crippen molar-refractivity contribution in [2.45, 2.75) is 0 Å². The van der Waals surface area contributed by atoms with Crippen molar-refractivity contribution in [1.82, 2.24) is 4.98 Å². The predicted octanol–water partition coefficient (Wildman–Crippen LogP) is 4.22. The fourth-order valence-corrected chi connectivity index (χ4v) is 2.56. The first kappa shape index (κ1) is 16.7. The Bertz CT molecular complexity index is 896. The molecule has 0 aliphatic carbocycles. The van der Waals surface area contributed by atoms with Gasteiger partial charge in [-0.1, -0.05) is 41.9 Å². The minimum Gasteiger partial charge on any atom is -0.329 e. The van der Waals surface area contributed by atoms with E-state index >= 15 is 0 Å². The van der Waals surface area contributed by atoms with Crippen molar-refractivity contribution >= 4 is 35.3 Å². The van der Waals surface area contributed by atoms with Gasteiger partial charge in [-0.2, -0.15) is 0 Å². The maximum Gasteiger partial charge on any atom is 0.257 e. The molecule has 1 aromatic heterocycles. The van der Waals surface area contributed by atoms with Crippen molar-refractivity contribution in [1.29, 1.82) is 0 Å². The average Bonchev–Trinajstić information content (AvgIpc) is 2.62. The van der Waals surface area contributed by atoms with Crippen molar-refractivity contribution in [3.63, 3.8) is 0 Å². The molecule has 3 rings (SSSR count). The summed E-state index contributed by atoms with van der Waals surface area (Å²) in [5, 5.41) is 5.64. The van der Waals surface area contributed by atoms with Crippen LogP contribution in [0.5, 0.6) is 0 Å². The van der Waals surface area contributed by atoms with Crippen LogP contribution in [0.3, 0.4) is 0 Å². The third-order valence-electron chi connectivity index (χ3n) is 3.48. The Balaban J connectivity index is 1.76. The number of halogens is 1. The van der Waals surface area contributed by atoms with Gasteiger partial charge in [0.05, 0.1) is 11.3 Å². The first-order chi connectivity index (χ1) is 12.2. The van der Waals surface area contributed by atoms with Gasteiger partial charge in [0.15, 0.2) is 0 Å². The first-order valence-corrected chi connectivity index (χ1v) is 7.87. The molecule has 2 aromatic carbocycles. The molecular formula is C19H14ClN3O2. The highest BCUT2D eigenvalue weighted by Gasteiger charge is 2.09. The summed E-state index contributed by atoms with van der Waals surface area (Å²) in [6, 6.07) is 18.0. The van der Waals surface area contributed by atoms with E-state index in [9.17, 15) is 9.59 Å². The molecule has 0 spiro atoms. The number of nitrogens with zero attached hydrogens (tertiary/aromatic N) is 1. The molecule has 0 unspecified atom stereocenters. The molecule has 5 nitrogen and oxygen atoms in total. The van der Waals surface area contributed by atoms with Crippen molar-refractivity contribution in [2.75, 3.05) is 10.6 Å². The molecule has 124 valence electrons. The summed E-state index contributed by atoms with van der Waals surface area (Å²) in [6.45, 7) is 0. The average molecular weight is 352 g/mol. The normalized spacial score (nSPS) is 10.1. The zero-order chi connectivity index (χ0) is 17.6. The highest BCUT2D eigenvalue weighted by atomic mass is 35.5. The van der Waals surface area contributed by atoms with Gasteiger partial charge in [0.25, 0.3) is 5.91 Å². The Hall–Kier alpha value is -3.18. The standard InChI is InChI=1S/C19H14ClN3O2/c20-15-8-16(22-12-24)10-17(9-15)23-19(25)14-6-7-18(21-11-14)13-4-2-1-3-5-13/h1-12H,(H,22,24)(H,23,25). The Morgan fingerprint density at radius 3 is 2.44 bits per heavy atom. The second kappa shape index (κ2) is 7.59. The van der Waals surface area contributed by atoms with Crippen LogP contribution in [-0.2, 0) is 4.79 Å². The van der Waals surface area contributed by atoms with E-state index in [4.69, 9.17) is 11.6 Å². The number of pyridine rings is 1. The van der Waals surface area contributed by atoms with Gasteiger partial charge >= 0.3 is 0 Å². The van der Waals surface area contributed by atoms with Crippen LogP contribution in [0.25, 0.3) is 11.3 Å². The number of nitrogens with one attached hydrogen (secondary N) is 2. The molecule has 2 N–H and O–H groups in total. The highest BCUT2D eigenvalue weighted by molar-refractivity contribution is 6.31. The van der Waals surface area contributed by atoms with Crippen LogP contribution in [0.1, 0.15) is 10.4 Å². The third kappa shape index (κ3) is 4.22. The number of hydrogen-bond acceptors (Lipinski definition) is 3. The van der Waals surface area contributed by atoms with Crippen molar-refractivity contribution in [3.8, 4) is 11.3 Å². The van der Waals surface area contributed by atoms with Gasteiger partial charge in [-0.25, -0.2) is 0 Å². The molecule has 0 atom stereocenters. The monoisotopic (exact) mass is 351 g/mol. The molecule has 25 heavy (non-hydrogen) atoms. The van der Waals surface area contributed by atoms with Gasteiger partial charge in [0.1, 0.15) is 0 Å². The molecule has 3 aromatic rings. The molecule has 6 heteroatoms. The number of amides is 2. The largest absolute Gasteiger partial charge is 0.329 e. The first-order valence-electron chi connectivity index (χ1n) is 7.49. The van der Waals surface area contributed by atoms with Crippen LogP contribution in [0.2, 0.25) is 5.02 Å². The van der Waals surface area contributed by atoms with Crippen LogP contribution in [0.4, 0.5) is 11.4 Å². The van der Waals surface area contributed by atoms with Gasteiger partial charge in [-0.15, -0.1) is 0 Å². The Kier molecular flexibility index (Phi) is 5.06. The van der Waals surface area contributed by atoms with E-state index in [1.807, 2.05) is 30.3 Å². The lowest BCUT2D eigenvalue weighted by atomic mass is 10.1. The summed E-state index contributed by atoms with van der Waals surface area (Å²) < 4.78 is 0. The van der Waals surface area contributed by atoms with Gasteiger partial charge in [-0.05, 0) is 30.3 Å². The lowest BCUT2D eigenvalue weighted by Gasteiger charge is -2.08. The molecule has 0 aliphatic rings. The van der Waals surface area contributed by atoms with Gasteiger partial charge in [0, 0.05) is 28.2 Å². The molecule has 0 fully saturated rings. The van der Waals surface area contributed by atoms with Gasteiger partial charge in [0.2, 0.25) is 6.41 Å². The summed E-state index contributed by atoms with van der Waals surface area (Å²) in [5.74, 6) is -0.313. The van der Waals surface area contributed by atoms with Crippen LogP contribution in [0.15, 0.2) is 66.9 Å². The molecule has 1 heterocycles. The van der Waals surface area contributed by atoms with Crippen molar-refractivity contribution in [3.05, 3.63) is 77.4 Å². The van der Waals surface area contributed by atoms with E-state index in [0.717, 1.165) is 11.3 Å². The Labute approximate surface area is 149 Å². The number of anilines is 2. The topological polar surface area (TPSA) is 71.1 Å². The Morgan fingerprint density at radius 1 is 1.00 bits per heavy atom. The van der Waals surface area contributed by atoms with E-state index in [-0.39, 0.29) is 5.91 Å². The van der Waals surface area contributed by atoms with Crippen LogP contribution < -0.4 is 10.6 Å². The number of carbonyl (C=O) groups excluding carboxylic acids is 2. The second-order valence-corrected chi connectivity index (χ2v) is 5.68. The maximum absolute atomic E-state index is 12.4. The van der Waals surface area contributed by atoms with Crippen molar-refractivity contribution < 1.29 is 9.59 Å². The summed E-state index contributed by atoms with van der Waals surface area (Å²) in [5.41, 5.74) is 3.17. The number of rotatable bonds is 5.